The van der Waals surface area contributed by atoms with E-state index < -0.39 is 0 Å². The highest BCUT2D eigenvalue weighted by Crippen LogP contribution is 2.14. The average Bonchev–Trinajstić information content (AvgIpc) is 2.38. The van der Waals surface area contributed by atoms with Gasteiger partial charge in [0.1, 0.15) is 10.3 Å². The molecule has 0 aliphatic carbocycles. The van der Waals surface area contributed by atoms with Crippen molar-refractivity contribution in [1.82, 2.24) is 19.9 Å². The Kier molecular flexibility index (Phi) is 7.09. The van der Waals surface area contributed by atoms with Crippen LogP contribution in [-0.4, -0.2) is 31.5 Å². The van der Waals surface area contributed by atoms with Crippen LogP contribution in [0.25, 0.3) is 0 Å². The van der Waals surface area contributed by atoms with E-state index in [4.69, 9.17) is 46.4 Å². The average molecular weight is 382 g/mol. The van der Waals surface area contributed by atoms with Crippen LogP contribution in [0.2, 0.25) is 20.9 Å². The molecule has 116 valence electrons. The first kappa shape index (κ1) is 18.7. The SMILES string of the molecule is CC(=O)c1cnc(Cl)nc1Cl.CC(=O)c1cnc(Cl)nc1Cl. The first-order chi connectivity index (χ1) is 10.2. The highest BCUT2D eigenvalue weighted by atomic mass is 35.5. The minimum Gasteiger partial charge on any atom is -0.294 e. The third kappa shape index (κ3) is 5.46. The van der Waals surface area contributed by atoms with Gasteiger partial charge in [-0.15, -0.1) is 0 Å². The Labute approximate surface area is 145 Å². The number of ketones is 2. The van der Waals surface area contributed by atoms with Crippen molar-refractivity contribution in [2.24, 2.45) is 0 Å². The molecule has 2 rings (SSSR count). The normalized spacial score (nSPS) is 9.73. The molecule has 0 atom stereocenters. The fourth-order valence-corrected chi connectivity index (χ4v) is 2.03. The topological polar surface area (TPSA) is 85.7 Å². The number of rotatable bonds is 2. The molecule has 6 nitrogen and oxygen atoms in total. The van der Waals surface area contributed by atoms with Crippen LogP contribution < -0.4 is 0 Å². The fourth-order valence-electron chi connectivity index (χ4n) is 1.15. The number of Topliss-reactive ketones (excluding diaryl/α,β-unsaturated/α-hetero) is 2. The van der Waals surface area contributed by atoms with Gasteiger partial charge in [0.25, 0.3) is 0 Å². The lowest BCUT2D eigenvalue weighted by Gasteiger charge is -1.96. The number of carbonyl (C=O) groups is 2. The lowest BCUT2D eigenvalue weighted by atomic mass is 10.2. The summed E-state index contributed by atoms with van der Waals surface area (Å²) in [4.78, 5) is 35.9. The van der Waals surface area contributed by atoms with E-state index in [0.29, 0.717) is 0 Å². The zero-order chi connectivity index (χ0) is 16.9. The minimum absolute atomic E-state index is 0.0417. The van der Waals surface area contributed by atoms with E-state index in [-0.39, 0.29) is 43.6 Å². The molecule has 0 spiro atoms. The van der Waals surface area contributed by atoms with Crippen LogP contribution in [0, 0.1) is 0 Å². The number of hydrogen-bond acceptors (Lipinski definition) is 6. The summed E-state index contributed by atoms with van der Waals surface area (Å²) in [5.41, 5.74) is 0.576. The molecule has 10 heteroatoms. The number of halogens is 4. The number of hydrogen-bond donors (Lipinski definition) is 0. The Bertz CT molecular complexity index is 663. The van der Waals surface area contributed by atoms with Crippen molar-refractivity contribution < 1.29 is 9.59 Å². The van der Waals surface area contributed by atoms with Gasteiger partial charge in [-0.1, -0.05) is 23.2 Å². The summed E-state index contributed by atoms with van der Waals surface area (Å²) in [5.74, 6) is -0.349. The van der Waals surface area contributed by atoms with Crippen molar-refractivity contribution in [2.45, 2.75) is 13.8 Å². The second-order valence-corrected chi connectivity index (χ2v) is 5.19. The molecule has 0 aliphatic rings. The molecule has 0 fully saturated rings. The third-order valence-electron chi connectivity index (χ3n) is 2.18. The molecule has 0 aliphatic heterocycles. The van der Waals surface area contributed by atoms with Gasteiger partial charge in [-0.25, -0.2) is 19.9 Å². The summed E-state index contributed by atoms with van der Waals surface area (Å²) < 4.78 is 0. The van der Waals surface area contributed by atoms with Crippen LogP contribution >= 0.6 is 46.4 Å². The van der Waals surface area contributed by atoms with E-state index in [2.05, 4.69) is 19.9 Å². The van der Waals surface area contributed by atoms with Gasteiger partial charge in [0.2, 0.25) is 10.6 Å². The molecule has 0 radical (unpaired) electrons. The van der Waals surface area contributed by atoms with E-state index in [9.17, 15) is 9.59 Å². The number of aromatic nitrogens is 4. The predicted molar refractivity (Wildman–Crippen MR) is 84.1 cm³/mol. The molecule has 0 unspecified atom stereocenters. The largest absolute Gasteiger partial charge is 0.294 e. The Hall–Kier alpha value is -1.34. The van der Waals surface area contributed by atoms with Crippen molar-refractivity contribution in [1.29, 1.82) is 0 Å². The zero-order valence-electron chi connectivity index (χ0n) is 11.3. The fraction of sp³-hybridized carbons (Fsp3) is 0.167. The summed E-state index contributed by atoms with van der Waals surface area (Å²) in [6.45, 7) is 2.77. The number of carbonyl (C=O) groups excluding carboxylic acids is 2. The highest BCUT2D eigenvalue weighted by molar-refractivity contribution is 6.34. The Morgan fingerprint density at radius 2 is 1.09 bits per heavy atom. The minimum atomic E-state index is -0.174. The molecule has 0 saturated carbocycles. The van der Waals surface area contributed by atoms with Crippen LogP contribution in [0.4, 0.5) is 0 Å². The van der Waals surface area contributed by atoms with Gasteiger partial charge < -0.3 is 0 Å². The maximum absolute atomic E-state index is 10.8. The summed E-state index contributed by atoms with van der Waals surface area (Å²) in [6, 6.07) is 0. The van der Waals surface area contributed by atoms with Gasteiger partial charge in [0, 0.05) is 12.4 Å². The molecular formula is C12H8Cl4N4O2. The molecule has 0 saturated heterocycles. The van der Waals surface area contributed by atoms with Gasteiger partial charge in [-0.2, -0.15) is 0 Å². The van der Waals surface area contributed by atoms with Crippen LogP contribution in [0.3, 0.4) is 0 Å². The molecule has 2 aromatic heterocycles. The van der Waals surface area contributed by atoms with E-state index >= 15 is 0 Å². The van der Waals surface area contributed by atoms with Crippen LogP contribution in [-0.2, 0) is 0 Å². The van der Waals surface area contributed by atoms with Crippen molar-refractivity contribution in [2.75, 3.05) is 0 Å². The Morgan fingerprint density at radius 1 is 0.773 bits per heavy atom. The third-order valence-corrected chi connectivity index (χ3v) is 3.12. The maximum atomic E-state index is 10.8. The standard InChI is InChI=1S/2C6H4Cl2N2O/c2*1-3(11)4-2-9-6(8)10-5(4)7/h2*2H,1H3. The van der Waals surface area contributed by atoms with Gasteiger partial charge in [0.15, 0.2) is 11.6 Å². The lowest BCUT2D eigenvalue weighted by Crippen LogP contribution is -1.97. The zero-order valence-corrected chi connectivity index (χ0v) is 14.3. The second-order valence-electron chi connectivity index (χ2n) is 3.80. The van der Waals surface area contributed by atoms with E-state index in [1.807, 2.05) is 0 Å². The van der Waals surface area contributed by atoms with Crippen LogP contribution in [0.15, 0.2) is 12.4 Å². The lowest BCUT2D eigenvalue weighted by molar-refractivity contribution is 0.100. The number of nitrogens with zero attached hydrogens (tertiary/aromatic N) is 4. The Morgan fingerprint density at radius 3 is 1.32 bits per heavy atom. The molecular weight excluding hydrogens is 374 g/mol. The summed E-state index contributed by atoms with van der Waals surface area (Å²) in [6.07, 6.45) is 2.61. The Balaban J connectivity index is 0.000000220. The molecule has 22 heavy (non-hydrogen) atoms. The summed E-state index contributed by atoms with van der Waals surface area (Å²) >= 11 is 21.9. The quantitative estimate of drug-likeness (QED) is 0.444. The van der Waals surface area contributed by atoms with Gasteiger partial charge in [-0.3, -0.25) is 9.59 Å². The van der Waals surface area contributed by atoms with Crippen LogP contribution in [0.1, 0.15) is 34.6 Å². The summed E-state index contributed by atoms with van der Waals surface area (Å²) in [7, 11) is 0. The maximum Gasteiger partial charge on any atom is 0.223 e. The van der Waals surface area contributed by atoms with Crippen LogP contribution in [0.5, 0.6) is 0 Å². The molecule has 2 aromatic rings. The summed E-state index contributed by atoms with van der Waals surface area (Å²) in [5, 5.41) is 0.273. The van der Waals surface area contributed by atoms with Crippen molar-refractivity contribution in [3.05, 3.63) is 44.4 Å². The first-order valence-electron chi connectivity index (χ1n) is 5.60. The van der Waals surface area contributed by atoms with Crippen molar-refractivity contribution in [3.63, 3.8) is 0 Å². The van der Waals surface area contributed by atoms with Gasteiger partial charge in [0.05, 0.1) is 11.1 Å². The van der Waals surface area contributed by atoms with Crippen molar-refractivity contribution >= 4 is 58.0 Å². The molecule has 0 amide bonds. The molecule has 0 N–H and O–H groups in total. The molecule has 0 bridgehead atoms. The molecule has 0 aromatic carbocycles. The van der Waals surface area contributed by atoms with Crippen molar-refractivity contribution in [3.8, 4) is 0 Å². The molecule has 2 heterocycles. The van der Waals surface area contributed by atoms with Gasteiger partial charge in [-0.05, 0) is 37.0 Å². The van der Waals surface area contributed by atoms with E-state index in [1.165, 1.54) is 26.2 Å². The smallest absolute Gasteiger partial charge is 0.223 e. The van der Waals surface area contributed by atoms with E-state index in [0.717, 1.165) is 0 Å². The van der Waals surface area contributed by atoms with E-state index in [1.54, 1.807) is 0 Å². The monoisotopic (exact) mass is 380 g/mol. The highest BCUT2D eigenvalue weighted by Gasteiger charge is 2.08. The second kappa shape index (κ2) is 8.33. The predicted octanol–water partition coefficient (Wildman–Crippen LogP) is 3.97. The van der Waals surface area contributed by atoms with Gasteiger partial charge >= 0.3 is 0 Å². The first-order valence-corrected chi connectivity index (χ1v) is 7.11.